The first-order valence-electron chi connectivity index (χ1n) is 8.30. The standard InChI is InChI=1S/C20H21N3O2/c1-23(2,14-19(25)21-17-9-4-3-5-10-17)20(15-24)22-13-12-16-8-6-7-11-18(16)22/h3-11H,12-14H2,1-2H3/p+1. The van der Waals surface area contributed by atoms with Gasteiger partial charge in [-0.3, -0.25) is 14.2 Å². The molecule has 3 rings (SSSR count). The van der Waals surface area contributed by atoms with Crippen LogP contribution in [0.2, 0.25) is 0 Å². The van der Waals surface area contributed by atoms with Gasteiger partial charge in [0.2, 0.25) is 5.94 Å². The van der Waals surface area contributed by atoms with E-state index < -0.39 is 0 Å². The molecule has 0 bridgehead atoms. The number of benzene rings is 2. The first-order valence-corrected chi connectivity index (χ1v) is 8.30. The number of hydrogen-bond acceptors (Lipinski definition) is 3. The molecule has 5 nitrogen and oxygen atoms in total. The normalized spacial score (nSPS) is 13.1. The van der Waals surface area contributed by atoms with Crippen LogP contribution in [0.4, 0.5) is 11.4 Å². The average molecular weight is 336 g/mol. The van der Waals surface area contributed by atoms with Crippen molar-refractivity contribution in [1.82, 2.24) is 0 Å². The number of fused-ring (bicyclic) bond motifs is 1. The molecule has 0 atom stereocenters. The van der Waals surface area contributed by atoms with Gasteiger partial charge in [-0.1, -0.05) is 36.4 Å². The molecule has 0 fully saturated rings. The molecule has 2 aromatic carbocycles. The lowest BCUT2D eigenvalue weighted by Gasteiger charge is -2.33. The van der Waals surface area contributed by atoms with Crippen molar-refractivity contribution in [2.75, 3.05) is 37.4 Å². The zero-order valence-electron chi connectivity index (χ0n) is 14.5. The van der Waals surface area contributed by atoms with Crippen molar-refractivity contribution in [3.63, 3.8) is 0 Å². The number of nitrogens with one attached hydrogen (secondary N) is 1. The predicted molar refractivity (Wildman–Crippen MR) is 98.7 cm³/mol. The maximum atomic E-state index is 12.4. The largest absolute Gasteiger partial charge is 0.321 e. The Balaban J connectivity index is 1.76. The van der Waals surface area contributed by atoms with E-state index in [9.17, 15) is 9.59 Å². The summed E-state index contributed by atoms with van der Waals surface area (Å²) >= 11 is 0. The van der Waals surface area contributed by atoms with Crippen LogP contribution in [-0.2, 0) is 16.0 Å². The van der Waals surface area contributed by atoms with Gasteiger partial charge in [0.25, 0.3) is 11.7 Å². The lowest BCUT2D eigenvalue weighted by molar-refractivity contribution is -0.843. The average Bonchev–Trinajstić information content (AvgIpc) is 2.99. The Morgan fingerprint density at radius 1 is 1.12 bits per heavy atom. The molecule has 1 aliphatic heterocycles. The van der Waals surface area contributed by atoms with Gasteiger partial charge < -0.3 is 5.32 Å². The number of carbonyl (C=O) groups is 1. The maximum Gasteiger partial charge on any atom is 0.294 e. The van der Waals surface area contributed by atoms with E-state index in [-0.39, 0.29) is 16.9 Å². The summed E-state index contributed by atoms with van der Waals surface area (Å²) in [7, 11) is 3.71. The van der Waals surface area contributed by atoms with Gasteiger partial charge in [-0.25, -0.2) is 4.79 Å². The van der Waals surface area contributed by atoms with Crippen LogP contribution in [0.5, 0.6) is 0 Å². The fraction of sp³-hybridized carbons (Fsp3) is 0.250. The molecule has 0 saturated heterocycles. The SMILES string of the molecule is C[N+](C)(CC(=O)Nc1ccccc1)C(=C=O)N1CCc2ccccc21. The summed E-state index contributed by atoms with van der Waals surface area (Å²) in [4.78, 5) is 26.1. The van der Waals surface area contributed by atoms with Gasteiger partial charge >= 0.3 is 0 Å². The highest BCUT2D eigenvalue weighted by atomic mass is 16.2. The Morgan fingerprint density at radius 3 is 2.52 bits per heavy atom. The third-order valence-electron chi connectivity index (χ3n) is 4.40. The monoisotopic (exact) mass is 336 g/mol. The Hall–Kier alpha value is -2.88. The molecular weight excluding hydrogens is 314 g/mol. The van der Waals surface area contributed by atoms with Crippen LogP contribution in [0.3, 0.4) is 0 Å². The minimum absolute atomic E-state index is 0.135. The summed E-state index contributed by atoms with van der Waals surface area (Å²) in [5.41, 5.74) is 2.98. The Labute approximate surface area is 147 Å². The van der Waals surface area contributed by atoms with E-state index >= 15 is 0 Å². The Kier molecular flexibility index (Phi) is 4.70. The van der Waals surface area contributed by atoms with E-state index in [4.69, 9.17) is 0 Å². The second-order valence-corrected chi connectivity index (χ2v) is 6.71. The smallest absolute Gasteiger partial charge is 0.294 e. The molecule has 5 heteroatoms. The third-order valence-corrected chi connectivity index (χ3v) is 4.40. The predicted octanol–water partition coefficient (Wildman–Crippen LogP) is 2.44. The third kappa shape index (κ3) is 3.63. The number of likely N-dealkylation sites (N-methyl/N-ethyl adjacent to an activating group) is 1. The highest BCUT2D eigenvalue weighted by molar-refractivity contribution is 5.91. The van der Waals surface area contributed by atoms with Crippen LogP contribution in [0.15, 0.2) is 60.4 Å². The van der Waals surface area contributed by atoms with Crippen LogP contribution < -0.4 is 10.2 Å². The summed E-state index contributed by atoms with van der Waals surface area (Å²) in [5, 5.41) is 2.87. The molecule has 0 radical (unpaired) electrons. The van der Waals surface area contributed by atoms with Crippen LogP contribution in [-0.4, -0.2) is 43.5 Å². The number of rotatable bonds is 5. The van der Waals surface area contributed by atoms with E-state index in [1.54, 1.807) is 0 Å². The van der Waals surface area contributed by atoms with Crippen molar-refractivity contribution in [3.8, 4) is 0 Å². The van der Waals surface area contributed by atoms with E-state index in [2.05, 4.69) is 17.3 Å². The summed E-state index contributed by atoms with van der Waals surface area (Å²) in [6, 6.07) is 17.3. The fourth-order valence-corrected chi connectivity index (χ4v) is 3.22. The van der Waals surface area contributed by atoms with Gasteiger partial charge in [0.15, 0.2) is 6.54 Å². The zero-order valence-corrected chi connectivity index (χ0v) is 14.5. The zero-order chi connectivity index (χ0) is 17.9. The molecule has 25 heavy (non-hydrogen) atoms. The number of amides is 1. The van der Waals surface area contributed by atoms with Gasteiger partial charge in [0.1, 0.15) is 0 Å². The molecule has 1 heterocycles. The Bertz CT molecular complexity index is 824. The van der Waals surface area contributed by atoms with Crippen molar-refractivity contribution >= 4 is 23.2 Å². The van der Waals surface area contributed by atoms with Crippen LogP contribution in [0.1, 0.15) is 5.56 Å². The topological polar surface area (TPSA) is 49.4 Å². The number of quaternary nitrogens is 1. The molecular formula is C20H22N3O2+. The Morgan fingerprint density at radius 2 is 1.80 bits per heavy atom. The minimum Gasteiger partial charge on any atom is -0.321 e. The highest BCUT2D eigenvalue weighted by Crippen LogP contribution is 2.32. The van der Waals surface area contributed by atoms with E-state index in [1.807, 2.05) is 67.5 Å². The maximum absolute atomic E-state index is 12.4. The van der Waals surface area contributed by atoms with E-state index in [0.717, 1.165) is 24.3 Å². The number of para-hydroxylation sites is 2. The summed E-state index contributed by atoms with van der Waals surface area (Å²) < 4.78 is 0.135. The quantitative estimate of drug-likeness (QED) is 0.674. The number of anilines is 2. The molecule has 128 valence electrons. The molecule has 1 N–H and O–H groups in total. The van der Waals surface area contributed by atoms with Gasteiger partial charge in [0, 0.05) is 17.9 Å². The van der Waals surface area contributed by atoms with E-state index in [1.165, 1.54) is 5.56 Å². The van der Waals surface area contributed by atoms with Crippen molar-refractivity contribution in [1.29, 1.82) is 0 Å². The molecule has 0 saturated carbocycles. The summed E-state index contributed by atoms with van der Waals surface area (Å²) in [5.74, 6) is 2.40. The van der Waals surface area contributed by atoms with Crippen molar-refractivity contribution in [2.24, 2.45) is 0 Å². The van der Waals surface area contributed by atoms with Gasteiger partial charge in [-0.2, -0.15) is 0 Å². The fourth-order valence-electron chi connectivity index (χ4n) is 3.22. The summed E-state index contributed by atoms with van der Waals surface area (Å²) in [6.45, 7) is 0.879. The molecule has 0 spiro atoms. The van der Waals surface area contributed by atoms with Gasteiger partial charge in [-0.15, -0.1) is 0 Å². The second-order valence-electron chi connectivity index (χ2n) is 6.71. The van der Waals surface area contributed by atoms with Crippen molar-refractivity contribution in [3.05, 3.63) is 66.0 Å². The molecule has 0 aliphatic carbocycles. The lowest BCUT2D eigenvalue weighted by Crippen LogP contribution is -2.50. The van der Waals surface area contributed by atoms with Crippen LogP contribution in [0.25, 0.3) is 0 Å². The number of nitrogens with zero attached hydrogens (tertiary/aromatic N) is 2. The molecule has 0 aromatic heterocycles. The van der Waals surface area contributed by atoms with E-state index in [0.29, 0.717) is 5.82 Å². The summed E-state index contributed by atoms with van der Waals surface area (Å²) in [6.07, 6.45) is 0.886. The number of hydrogen-bond donors (Lipinski definition) is 1. The molecule has 1 amide bonds. The lowest BCUT2D eigenvalue weighted by atomic mass is 10.2. The van der Waals surface area contributed by atoms with Crippen molar-refractivity contribution in [2.45, 2.75) is 6.42 Å². The molecule has 2 aromatic rings. The first kappa shape index (κ1) is 17.0. The van der Waals surface area contributed by atoms with Crippen LogP contribution in [0, 0.1) is 0 Å². The first-order chi connectivity index (χ1) is 12.0. The molecule has 0 unspecified atom stereocenters. The van der Waals surface area contributed by atoms with Crippen LogP contribution >= 0.6 is 0 Å². The second kappa shape index (κ2) is 6.93. The minimum atomic E-state index is -0.142. The van der Waals surface area contributed by atoms with Gasteiger partial charge in [-0.05, 0) is 30.2 Å². The highest BCUT2D eigenvalue weighted by Gasteiger charge is 2.35. The van der Waals surface area contributed by atoms with Gasteiger partial charge in [0.05, 0.1) is 14.1 Å². The van der Waals surface area contributed by atoms with Crippen molar-refractivity contribution < 1.29 is 14.1 Å². The number of carbonyl (C=O) groups excluding carboxylic acids is 2. The molecule has 1 aliphatic rings.